The molecule has 144 valence electrons. The first kappa shape index (κ1) is 18.6. The summed E-state index contributed by atoms with van der Waals surface area (Å²) in [7, 11) is 0. The maximum Gasteiger partial charge on any atom is 0.253 e. The maximum absolute atomic E-state index is 13.0. The van der Waals surface area contributed by atoms with E-state index in [-0.39, 0.29) is 17.6 Å². The third-order valence-electron chi connectivity index (χ3n) is 4.90. The van der Waals surface area contributed by atoms with Crippen LogP contribution in [0.3, 0.4) is 0 Å². The molecule has 0 spiro atoms. The number of nitrogens with zero attached hydrogens (tertiary/aromatic N) is 3. The van der Waals surface area contributed by atoms with Crippen LogP contribution in [-0.4, -0.2) is 52.8 Å². The summed E-state index contributed by atoms with van der Waals surface area (Å²) >= 11 is 1.63. The van der Waals surface area contributed by atoms with E-state index in [4.69, 9.17) is 0 Å². The number of aromatic nitrogens is 1. The number of thiazole rings is 1. The predicted molar refractivity (Wildman–Crippen MR) is 107 cm³/mol. The van der Waals surface area contributed by atoms with Gasteiger partial charge in [0.2, 0.25) is 5.91 Å². The van der Waals surface area contributed by atoms with Crippen LogP contribution in [0.2, 0.25) is 0 Å². The third-order valence-corrected chi connectivity index (χ3v) is 6.00. The number of amides is 2. The highest BCUT2D eigenvalue weighted by Crippen LogP contribution is 2.22. The summed E-state index contributed by atoms with van der Waals surface area (Å²) in [6.45, 7) is 2.02. The standard InChI is InChI=1S/C21H20FN3O2S/c22-16-7-5-15(6-8-16)21(27)25-13-11-24(12-14-25)20(26)10-9-19-23-17-3-1-2-4-18(17)28-19/h1-8H,9-14H2. The Balaban J connectivity index is 1.28. The van der Waals surface area contributed by atoms with Gasteiger partial charge in [-0.3, -0.25) is 9.59 Å². The lowest BCUT2D eigenvalue weighted by Gasteiger charge is -2.34. The molecule has 1 saturated heterocycles. The molecular weight excluding hydrogens is 377 g/mol. The number of piperazine rings is 1. The van der Waals surface area contributed by atoms with E-state index in [9.17, 15) is 14.0 Å². The molecule has 0 atom stereocenters. The molecule has 2 aromatic carbocycles. The van der Waals surface area contributed by atoms with E-state index in [0.717, 1.165) is 15.2 Å². The minimum Gasteiger partial charge on any atom is -0.339 e. The number of benzene rings is 2. The van der Waals surface area contributed by atoms with Gasteiger partial charge < -0.3 is 9.80 Å². The van der Waals surface area contributed by atoms with Crippen molar-refractivity contribution < 1.29 is 14.0 Å². The van der Waals surface area contributed by atoms with E-state index in [1.165, 1.54) is 24.3 Å². The van der Waals surface area contributed by atoms with Gasteiger partial charge in [0.1, 0.15) is 5.82 Å². The molecule has 1 fully saturated rings. The Bertz CT molecular complexity index is 961. The lowest BCUT2D eigenvalue weighted by molar-refractivity contribution is -0.132. The van der Waals surface area contributed by atoms with Crippen molar-refractivity contribution in [2.75, 3.05) is 26.2 Å². The molecule has 28 heavy (non-hydrogen) atoms. The fraction of sp³-hybridized carbons (Fsp3) is 0.286. The number of rotatable bonds is 4. The van der Waals surface area contributed by atoms with E-state index in [1.807, 2.05) is 29.2 Å². The zero-order valence-electron chi connectivity index (χ0n) is 15.3. The van der Waals surface area contributed by atoms with E-state index in [0.29, 0.717) is 44.6 Å². The quantitative estimate of drug-likeness (QED) is 0.678. The molecule has 1 aliphatic heterocycles. The molecule has 4 rings (SSSR count). The first-order valence-corrected chi connectivity index (χ1v) is 10.1. The molecule has 0 radical (unpaired) electrons. The minimum absolute atomic E-state index is 0.0909. The molecule has 2 amide bonds. The predicted octanol–water partition coefficient (Wildman–Crippen LogP) is 3.35. The number of fused-ring (bicyclic) bond motifs is 1. The van der Waals surface area contributed by atoms with Crippen molar-refractivity contribution >= 4 is 33.4 Å². The van der Waals surface area contributed by atoms with Gasteiger partial charge in [0.15, 0.2) is 0 Å². The number of para-hydroxylation sites is 1. The van der Waals surface area contributed by atoms with Crippen molar-refractivity contribution in [2.24, 2.45) is 0 Å². The topological polar surface area (TPSA) is 53.5 Å². The van der Waals surface area contributed by atoms with Crippen molar-refractivity contribution in [1.82, 2.24) is 14.8 Å². The first-order valence-electron chi connectivity index (χ1n) is 9.27. The summed E-state index contributed by atoms with van der Waals surface area (Å²) in [4.78, 5) is 33.1. The van der Waals surface area contributed by atoms with Crippen LogP contribution in [0.25, 0.3) is 10.2 Å². The average Bonchev–Trinajstić information content (AvgIpc) is 3.15. The van der Waals surface area contributed by atoms with Crippen molar-refractivity contribution in [3.05, 3.63) is 64.9 Å². The molecule has 0 unspecified atom stereocenters. The Labute approximate surface area is 166 Å². The fourth-order valence-corrected chi connectivity index (χ4v) is 4.30. The second-order valence-electron chi connectivity index (χ2n) is 6.76. The number of aryl methyl sites for hydroxylation is 1. The van der Waals surface area contributed by atoms with E-state index in [2.05, 4.69) is 4.98 Å². The lowest BCUT2D eigenvalue weighted by Crippen LogP contribution is -2.50. The Morgan fingerprint density at radius 2 is 1.64 bits per heavy atom. The average molecular weight is 397 g/mol. The van der Waals surface area contributed by atoms with Gasteiger partial charge in [-0.25, -0.2) is 9.37 Å². The Morgan fingerprint density at radius 1 is 0.964 bits per heavy atom. The van der Waals surface area contributed by atoms with E-state index < -0.39 is 0 Å². The van der Waals surface area contributed by atoms with Crippen LogP contribution >= 0.6 is 11.3 Å². The molecule has 1 aromatic heterocycles. The smallest absolute Gasteiger partial charge is 0.253 e. The molecule has 7 heteroatoms. The maximum atomic E-state index is 13.0. The van der Waals surface area contributed by atoms with Gasteiger partial charge in [-0.05, 0) is 36.4 Å². The highest BCUT2D eigenvalue weighted by Gasteiger charge is 2.24. The normalized spacial score (nSPS) is 14.5. The molecule has 3 aromatic rings. The Kier molecular flexibility index (Phi) is 5.34. The van der Waals surface area contributed by atoms with Crippen molar-refractivity contribution in [3.8, 4) is 0 Å². The summed E-state index contributed by atoms with van der Waals surface area (Å²) in [5.74, 6) is -0.394. The van der Waals surface area contributed by atoms with Gasteiger partial charge >= 0.3 is 0 Å². The Hall–Kier alpha value is -2.80. The summed E-state index contributed by atoms with van der Waals surface area (Å²) < 4.78 is 14.2. The second kappa shape index (κ2) is 8.06. The third kappa shape index (κ3) is 4.04. The highest BCUT2D eigenvalue weighted by molar-refractivity contribution is 7.18. The summed E-state index contributed by atoms with van der Waals surface area (Å²) in [5.41, 5.74) is 1.44. The van der Waals surface area contributed by atoms with Crippen LogP contribution < -0.4 is 0 Å². The van der Waals surface area contributed by atoms with Crippen LogP contribution in [-0.2, 0) is 11.2 Å². The van der Waals surface area contributed by atoms with E-state index in [1.54, 1.807) is 16.2 Å². The zero-order chi connectivity index (χ0) is 19.5. The van der Waals surface area contributed by atoms with Crippen molar-refractivity contribution in [3.63, 3.8) is 0 Å². The molecule has 2 heterocycles. The molecule has 0 aliphatic carbocycles. The Morgan fingerprint density at radius 3 is 2.36 bits per heavy atom. The van der Waals surface area contributed by atoms with Crippen molar-refractivity contribution in [1.29, 1.82) is 0 Å². The molecule has 0 N–H and O–H groups in total. The van der Waals surface area contributed by atoms with Crippen LogP contribution in [0, 0.1) is 5.82 Å². The van der Waals surface area contributed by atoms with Gasteiger partial charge in [0.05, 0.1) is 15.2 Å². The number of halogens is 1. The van der Waals surface area contributed by atoms with Gasteiger partial charge in [0, 0.05) is 44.6 Å². The summed E-state index contributed by atoms with van der Waals surface area (Å²) in [6.07, 6.45) is 1.05. The molecule has 5 nitrogen and oxygen atoms in total. The number of carbonyl (C=O) groups excluding carboxylic acids is 2. The molecule has 0 saturated carbocycles. The van der Waals surface area contributed by atoms with Crippen LogP contribution in [0.4, 0.5) is 4.39 Å². The van der Waals surface area contributed by atoms with Gasteiger partial charge in [-0.15, -0.1) is 11.3 Å². The SMILES string of the molecule is O=C(CCc1nc2ccccc2s1)N1CCN(C(=O)c2ccc(F)cc2)CC1. The molecule has 0 bridgehead atoms. The van der Waals surface area contributed by atoms with Gasteiger partial charge in [-0.2, -0.15) is 0 Å². The van der Waals surface area contributed by atoms with Crippen LogP contribution in [0.15, 0.2) is 48.5 Å². The molecular formula is C21H20FN3O2S. The number of carbonyl (C=O) groups is 2. The van der Waals surface area contributed by atoms with Crippen LogP contribution in [0.5, 0.6) is 0 Å². The lowest BCUT2D eigenvalue weighted by atomic mass is 10.1. The summed E-state index contributed by atoms with van der Waals surface area (Å²) in [5, 5.41) is 0.972. The number of hydrogen-bond donors (Lipinski definition) is 0. The minimum atomic E-state index is -0.361. The number of hydrogen-bond acceptors (Lipinski definition) is 4. The van der Waals surface area contributed by atoms with Gasteiger partial charge in [-0.1, -0.05) is 12.1 Å². The highest BCUT2D eigenvalue weighted by atomic mass is 32.1. The van der Waals surface area contributed by atoms with E-state index >= 15 is 0 Å². The second-order valence-corrected chi connectivity index (χ2v) is 7.87. The largest absolute Gasteiger partial charge is 0.339 e. The van der Waals surface area contributed by atoms with Gasteiger partial charge in [0.25, 0.3) is 5.91 Å². The fourth-order valence-electron chi connectivity index (χ4n) is 3.33. The molecule has 1 aliphatic rings. The first-order chi connectivity index (χ1) is 13.6. The zero-order valence-corrected chi connectivity index (χ0v) is 16.1. The summed E-state index contributed by atoms with van der Waals surface area (Å²) in [6, 6.07) is 13.5. The van der Waals surface area contributed by atoms with Crippen molar-refractivity contribution in [2.45, 2.75) is 12.8 Å². The monoisotopic (exact) mass is 397 g/mol. The van der Waals surface area contributed by atoms with Crippen LogP contribution in [0.1, 0.15) is 21.8 Å².